The van der Waals surface area contributed by atoms with E-state index in [-0.39, 0.29) is 12.8 Å². The number of rotatable bonds is 0. The molecule has 0 atom stereocenters. The average Bonchev–Trinajstić information content (AvgIpc) is 2.53. The van der Waals surface area contributed by atoms with Crippen LogP contribution in [0.4, 0.5) is 13.2 Å². The largest absolute Gasteiger partial charge is 0.391 e. The molecule has 0 radical (unpaired) electrons. The van der Waals surface area contributed by atoms with Crippen LogP contribution in [-0.2, 0) is 9.47 Å². The molecule has 1 aliphatic heterocycles. The van der Waals surface area contributed by atoms with Crippen molar-refractivity contribution in [2.45, 2.75) is 37.6 Å². The third-order valence-electron chi connectivity index (χ3n) is 3.02. The van der Waals surface area contributed by atoms with E-state index in [2.05, 4.69) is 0 Å². The molecule has 2 fully saturated rings. The third-order valence-corrected chi connectivity index (χ3v) is 3.02. The molecule has 5 heteroatoms. The first-order valence-electron chi connectivity index (χ1n) is 4.86. The molecule has 1 heterocycles. The van der Waals surface area contributed by atoms with Gasteiger partial charge in [0.05, 0.1) is 19.1 Å². The second-order valence-electron chi connectivity index (χ2n) is 3.92. The predicted octanol–water partition coefficient (Wildman–Crippen LogP) is 2.48. The van der Waals surface area contributed by atoms with E-state index in [1.54, 1.807) is 0 Å². The van der Waals surface area contributed by atoms with Gasteiger partial charge in [-0.3, -0.25) is 0 Å². The van der Waals surface area contributed by atoms with Crippen LogP contribution in [-0.4, -0.2) is 25.2 Å². The number of hydrogen-bond donors (Lipinski definition) is 0. The van der Waals surface area contributed by atoms with Crippen LogP contribution >= 0.6 is 0 Å². The Bertz CT molecular complexity index is 199. The summed E-state index contributed by atoms with van der Waals surface area (Å²) in [5, 5.41) is 0. The van der Waals surface area contributed by atoms with Gasteiger partial charge in [0.1, 0.15) is 0 Å². The highest BCUT2D eigenvalue weighted by Crippen LogP contribution is 2.44. The topological polar surface area (TPSA) is 18.5 Å². The van der Waals surface area contributed by atoms with Crippen LogP contribution in [0.15, 0.2) is 0 Å². The summed E-state index contributed by atoms with van der Waals surface area (Å²) < 4.78 is 47.7. The molecule has 0 aromatic heterocycles. The van der Waals surface area contributed by atoms with Gasteiger partial charge in [0.15, 0.2) is 5.79 Å². The zero-order valence-corrected chi connectivity index (χ0v) is 7.77. The van der Waals surface area contributed by atoms with Crippen molar-refractivity contribution in [2.75, 3.05) is 13.2 Å². The predicted molar refractivity (Wildman–Crippen MR) is 42.6 cm³/mol. The molecule has 0 N–H and O–H groups in total. The van der Waals surface area contributed by atoms with Crippen molar-refractivity contribution in [3.63, 3.8) is 0 Å². The Morgan fingerprint density at radius 1 is 1.00 bits per heavy atom. The molecule has 0 aromatic rings. The van der Waals surface area contributed by atoms with E-state index in [4.69, 9.17) is 9.47 Å². The Morgan fingerprint density at radius 2 is 1.50 bits per heavy atom. The maximum absolute atomic E-state index is 12.3. The van der Waals surface area contributed by atoms with Gasteiger partial charge in [-0.1, -0.05) is 0 Å². The summed E-state index contributed by atoms with van der Waals surface area (Å²) in [5.41, 5.74) is 0. The van der Waals surface area contributed by atoms with Gasteiger partial charge < -0.3 is 9.47 Å². The van der Waals surface area contributed by atoms with Gasteiger partial charge in [0.2, 0.25) is 0 Å². The number of ether oxygens (including phenoxy) is 2. The first kappa shape index (κ1) is 10.2. The van der Waals surface area contributed by atoms with Crippen molar-refractivity contribution in [3.8, 4) is 0 Å². The van der Waals surface area contributed by atoms with E-state index in [0.717, 1.165) is 0 Å². The second-order valence-corrected chi connectivity index (χ2v) is 3.92. The highest BCUT2D eigenvalue weighted by Gasteiger charge is 2.48. The van der Waals surface area contributed by atoms with Crippen LogP contribution in [0.2, 0.25) is 0 Å². The molecule has 82 valence electrons. The normalized spacial score (nSPS) is 28.5. The Kier molecular flexibility index (Phi) is 2.47. The third kappa shape index (κ3) is 1.88. The fourth-order valence-corrected chi connectivity index (χ4v) is 2.17. The Labute approximate surface area is 80.4 Å². The van der Waals surface area contributed by atoms with Crippen molar-refractivity contribution >= 4 is 0 Å². The molecule has 0 unspecified atom stereocenters. The van der Waals surface area contributed by atoms with Crippen molar-refractivity contribution in [1.82, 2.24) is 0 Å². The molecule has 14 heavy (non-hydrogen) atoms. The van der Waals surface area contributed by atoms with Gasteiger partial charge in [-0.2, -0.15) is 13.2 Å². The SMILES string of the molecule is FC(F)(F)C1CCC2(CC1)OCCO2. The zero-order valence-electron chi connectivity index (χ0n) is 7.77. The molecule has 2 aliphatic rings. The fraction of sp³-hybridized carbons (Fsp3) is 1.00. The minimum absolute atomic E-state index is 0.128. The number of alkyl halides is 3. The van der Waals surface area contributed by atoms with E-state index in [1.165, 1.54) is 0 Å². The van der Waals surface area contributed by atoms with Crippen molar-refractivity contribution in [2.24, 2.45) is 5.92 Å². The lowest BCUT2D eigenvalue weighted by molar-refractivity contribution is -0.226. The smallest absolute Gasteiger partial charge is 0.348 e. The van der Waals surface area contributed by atoms with E-state index in [0.29, 0.717) is 26.1 Å². The molecular formula is C9H13F3O2. The molecule has 0 amide bonds. The molecule has 0 aromatic carbocycles. The molecule has 1 saturated carbocycles. The summed E-state index contributed by atoms with van der Waals surface area (Å²) in [7, 11) is 0. The summed E-state index contributed by atoms with van der Waals surface area (Å²) in [5.74, 6) is -1.84. The van der Waals surface area contributed by atoms with Crippen LogP contribution in [0.25, 0.3) is 0 Å². The Morgan fingerprint density at radius 3 is 1.93 bits per heavy atom. The quantitative estimate of drug-likeness (QED) is 0.611. The summed E-state index contributed by atoms with van der Waals surface area (Å²) in [6, 6.07) is 0. The van der Waals surface area contributed by atoms with Crippen molar-refractivity contribution in [1.29, 1.82) is 0 Å². The second kappa shape index (κ2) is 3.38. The van der Waals surface area contributed by atoms with E-state index >= 15 is 0 Å². The van der Waals surface area contributed by atoms with Crippen molar-refractivity contribution in [3.05, 3.63) is 0 Å². The lowest BCUT2D eigenvalue weighted by Gasteiger charge is -2.35. The van der Waals surface area contributed by atoms with Gasteiger partial charge in [-0.05, 0) is 12.8 Å². The minimum Gasteiger partial charge on any atom is -0.348 e. The summed E-state index contributed by atoms with van der Waals surface area (Å²) >= 11 is 0. The molecule has 2 rings (SSSR count). The molecule has 1 spiro atoms. The molecule has 1 saturated heterocycles. The van der Waals surface area contributed by atoms with Crippen LogP contribution in [0.5, 0.6) is 0 Å². The van der Waals surface area contributed by atoms with Crippen LogP contribution in [0, 0.1) is 5.92 Å². The lowest BCUT2D eigenvalue weighted by Crippen LogP contribution is -2.39. The Balaban J connectivity index is 1.92. The fourth-order valence-electron chi connectivity index (χ4n) is 2.17. The van der Waals surface area contributed by atoms with Gasteiger partial charge in [0.25, 0.3) is 0 Å². The minimum atomic E-state index is -4.06. The molecule has 2 nitrogen and oxygen atoms in total. The lowest BCUT2D eigenvalue weighted by atomic mass is 9.85. The highest BCUT2D eigenvalue weighted by molar-refractivity contribution is 4.84. The van der Waals surface area contributed by atoms with Gasteiger partial charge in [0, 0.05) is 12.8 Å². The average molecular weight is 210 g/mol. The van der Waals surface area contributed by atoms with Crippen LogP contribution < -0.4 is 0 Å². The number of hydrogen-bond acceptors (Lipinski definition) is 2. The first-order valence-corrected chi connectivity index (χ1v) is 4.86. The van der Waals surface area contributed by atoms with Crippen LogP contribution in [0.3, 0.4) is 0 Å². The van der Waals surface area contributed by atoms with E-state index < -0.39 is 17.9 Å². The van der Waals surface area contributed by atoms with Gasteiger partial charge in [-0.25, -0.2) is 0 Å². The maximum atomic E-state index is 12.3. The van der Waals surface area contributed by atoms with Gasteiger partial charge in [-0.15, -0.1) is 0 Å². The molecule has 0 bridgehead atoms. The van der Waals surface area contributed by atoms with Crippen LogP contribution in [0.1, 0.15) is 25.7 Å². The summed E-state index contributed by atoms with van der Waals surface area (Å²) in [6.07, 6.45) is -3.05. The summed E-state index contributed by atoms with van der Waals surface area (Å²) in [4.78, 5) is 0. The maximum Gasteiger partial charge on any atom is 0.391 e. The zero-order chi connectivity index (χ0) is 10.2. The highest BCUT2D eigenvalue weighted by atomic mass is 19.4. The first-order chi connectivity index (χ1) is 6.52. The molecular weight excluding hydrogens is 197 g/mol. The summed E-state index contributed by atoms with van der Waals surface area (Å²) in [6.45, 7) is 1.02. The standard InChI is InChI=1S/C9H13F3O2/c10-9(11,12)7-1-3-8(4-2-7)13-5-6-14-8/h7H,1-6H2. The van der Waals surface area contributed by atoms with Gasteiger partial charge >= 0.3 is 6.18 Å². The van der Waals surface area contributed by atoms with Crippen molar-refractivity contribution < 1.29 is 22.6 Å². The van der Waals surface area contributed by atoms with E-state index in [1.807, 2.05) is 0 Å². The monoisotopic (exact) mass is 210 g/mol. The number of halogens is 3. The Hall–Kier alpha value is -0.290. The molecule has 1 aliphatic carbocycles. The van der Waals surface area contributed by atoms with E-state index in [9.17, 15) is 13.2 Å².